The van der Waals surface area contributed by atoms with Gasteiger partial charge in [0, 0.05) is 16.3 Å². The standard InChI is InChI=1S/C21H16Cl2N4O2/c1-11-18-19(15(9-24)20(25)29-21(18)27-26-11)13-4-7-17(16(23)8-13)28-10-12-2-5-14(22)6-3-12/h2-8,19H,10,25H2,1H3,(H,26,27)/t19-/m1/s1. The van der Waals surface area contributed by atoms with Crippen molar-refractivity contribution >= 4 is 23.2 Å². The third-order valence-corrected chi connectivity index (χ3v) is 5.27. The Bertz CT molecular complexity index is 1150. The molecule has 0 unspecified atom stereocenters. The number of benzene rings is 2. The Hall–Kier alpha value is -3.14. The molecule has 0 radical (unpaired) electrons. The Balaban J connectivity index is 1.64. The maximum atomic E-state index is 9.64. The number of rotatable bonds is 4. The lowest BCUT2D eigenvalue weighted by atomic mass is 9.84. The van der Waals surface area contributed by atoms with E-state index >= 15 is 0 Å². The van der Waals surface area contributed by atoms with Crippen LogP contribution in [0.15, 0.2) is 53.9 Å². The Morgan fingerprint density at radius 3 is 2.69 bits per heavy atom. The quantitative estimate of drug-likeness (QED) is 0.622. The molecule has 1 aliphatic rings. The van der Waals surface area contributed by atoms with Crippen molar-refractivity contribution in [2.24, 2.45) is 5.73 Å². The topological polar surface area (TPSA) is 97.0 Å². The number of fused-ring (bicyclic) bond motifs is 1. The second kappa shape index (κ2) is 7.70. The van der Waals surface area contributed by atoms with Gasteiger partial charge in [-0.05, 0) is 42.3 Å². The fraction of sp³-hybridized carbons (Fsp3) is 0.143. The zero-order valence-electron chi connectivity index (χ0n) is 15.4. The Kier molecular flexibility index (Phi) is 5.10. The fourth-order valence-corrected chi connectivity index (χ4v) is 3.66. The highest BCUT2D eigenvalue weighted by Crippen LogP contribution is 2.43. The van der Waals surface area contributed by atoms with Crippen molar-refractivity contribution in [2.75, 3.05) is 0 Å². The number of aromatic amines is 1. The molecule has 0 spiro atoms. The van der Waals surface area contributed by atoms with E-state index in [0.717, 1.165) is 22.4 Å². The summed E-state index contributed by atoms with van der Waals surface area (Å²) in [5.74, 6) is 0.515. The van der Waals surface area contributed by atoms with Gasteiger partial charge in [-0.15, -0.1) is 5.10 Å². The van der Waals surface area contributed by atoms with Gasteiger partial charge in [-0.2, -0.15) is 5.26 Å². The molecule has 1 aliphatic heterocycles. The molecule has 0 fully saturated rings. The van der Waals surface area contributed by atoms with Gasteiger partial charge in [-0.1, -0.05) is 41.4 Å². The van der Waals surface area contributed by atoms with E-state index in [0.29, 0.717) is 33.9 Å². The maximum absolute atomic E-state index is 9.64. The number of nitrogens with zero attached hydrogens (tertiary/aromatic N) is 2. The number of nitrogens with one attached hydrogen (secondary N) is 1. The van der Waals surface area contributed by atoms with E-state index < -0.39 is 5.92 Å². The predicted octanol–water partition coefficient (Wildman–Crippen LogP) is 4.82. The van der Waals surface area contributed by atoms with Gasteiger partial charge in [0.2, 0.25) is 11.8 Å². The monoisotopic (exact) mass is 426 g/mol. The van der Waals surface area contributed by atoms with E-state index in [4.69, 9.17) is 38.4 Å². The summed E-state index contributed by atoms with van der Waals surface area (Å²) in [6.45, 7) is 2.22. The van der Waals surface area contributed by atoms with E-state index in [1.165, 1.54) is 0 Å². The van der Waals surface area contributed by atoms with Crippen LogP contribution in [0.25, 0.3) is 0 Å². The minimum atomic E-state index is -0.426. The van der Waals surface area contributed by atoms with Crippen LogP contribution < -0.4 is 15.2 Å². The van der Waals surface area contributed by atoms with Crippen molar-refractivity contribution in [3.63, 3.8) is 0 Å². The molecule has 4 rings (SSSR count). The van der Waals surface area contributed by atoms with E-state index in [-0.39, 0.29) is 5.88 Å². The molecule has 3 aromatic rings. The van der Waals surface area contributed by atoms with Crippen molar-refractivity contribution in [3.05, 3.63) is 86.4 Å². The van der Waals surface area contributed by atoms with Crippen LogP contribution >= 0.6 is 23.2 Å². The van der Waals surface area contributed by atoms with Gasteiger partial charge in [0.15, 0.2) is 0 Å². The second-order valence-corrected chi connectivity index (χ2v) is 7.44. The van der Waals surface area contributed by atoms with Gasteiger partial charge in [0.1, 0.15) is 24.0 Å². The number of hydrogen-bond donors (Lipinski definition) is 2. The van der Waals surface area contributed by atoms with Crippen molar-refractivity contribution < 1.29 is 9.47 Å². The summed E-state index contributed by atoms with van der Waals surface area (Å²) >= 11 is 12.4. The summed E-state index contributed by atoms with van der Waals surface area (Å²) in [4.78, 5) is 0. The van der Waals surface area contributed by atoms with Crippen LogP contribution in [0.4, 0.5) is 0 Å². The second-order valence-electron chi connectivity index (χ2n) is 6.60. The van der Waals surface area contributed by atoms with Gasteiger partial charge in [-0.3, -0.25) is 5.10 Å². The SMILES string of the molecule is Cc1[nH]nc2c1[C@H](c1ccc(OCc3ccc(Cl)cc3)c(Cl)c1)C(C#N)=C(N)O2. The highest BCUT2D eigenvalue weighted by molar-refractivity contribution is 6.32. The number of allylic oxidation sites excluding steroid dienone is 1. The number of aromatic nitrogens is 2. The lowest BCUT2D eigenvalue weighted by Gasteiger charge is -2.24. The minimum absolute atomic E-state index is 0.0377. The number of nitriles is 1. The normalized spacial score (nSPS) is 15.4. The Morgan fingerprint density at radius 1 is 1.24 bits per heavy atom. The average Bonchev–Trinajstić information content (AvgIpc) is 3.07. The van der Waals surface area contributed by atoms with Gasteiger partial charge < -0.3 is 15.2 Å². The molecule has 29 heavy (non-hydrogen) atoms. The van der Waals surface area contributed by atoms with E-state index in [9.17, 15) is 5.26 Å². The van der Waals surface area contributed by atoms with Gasteiger partial charge in [0.05, 0.1) is 10.9 Å². The fourth-order valence-electron chi connectivity index (χ4n) is 3.29. The molecule has 0 saturated heterocycles. The Morgan fingerprint density at radius 2 is 2.00 bits per heavy atom. The first kappa shape index (κ1) is 19.2. The molecule has 0 saturated carbocycles. The van der Waals surface area contributed by atoms with E-state index in [1.54, 1.807) is 24.3 Å². The summed E-state index contributed by atoms with van der Waals surface area (Å²) in [6.07, 6.45) is 0. The van der Waals surface area contributed by atoms with Crippen LogP contribution in [0.1, 0.15) is 28.3 Å². The lowest BCUT2D eigenvalue weighted by Crippen LogP contribution is -2.21. The van der Waals surface area contributed by atoms with Crippen LogP contribution in [0, 0.1) is 18.3 Å². The summed E-state index contributed by atoms with van der Waals surface area (Å²) < 4.78 is 11.3. The molecule has 0 amide bonds. The highest BCUT2D eigenvalue weighted by atomic mass is 35.5. The molecule has 6 nitrogen and oxygen atoms in total. The third kappa shape index (κ3) is 3.63. The summed E-state index contributed by atoms with van der Waals surface area (Å²) in [5.41, 5.74) is 9.59. The molecule has 0 aliphatic carbocycles. The number of H-pyrrole nitrogens is 1. The minimum Gasteiger partial charge on any atom is -0.487 e. The highest BCUT2D eigenvalue weighted by Gasteiger charge is 2.34. The molecule has 1 aromatic heterocycles. The number of hydrogen-bond acceptors (Lipinski definition) is 5. The molecular weight excluding hydrogens is 411 g/mol. The molecule has 2 heterocycles. The third-order valence-electron chi connectivity index (χ3n) is 4.73. The van der Waals surface area contributed by atoms with Crippen molar-refractivity contribution in [1.82, 2.24) is 10.2 Å². The molecule has 1 atom stereocenters. The zero-order chi connectivity index (χ0) is 20.5. The summed E-state index contributed by atoms with van der Waals surface area (Å²) in [6, 6.07) is 15.0. The maximum Gasteiger partial charge on any atom is 0.244 e. The molecular formula is C21H16Cl2N4O2. The Labute approximate surface area is 177 Å². The smallest absolute Gasteiger partial charge is 0.244 e. The van der Waals surface area contributed by atoms with Crippen molar-refractivity contribution in [2.45, 2.75) is 19.4 Å². The van der Waals surface area contributed by atoms with Crippen molar-refractivity contribution in [3.8, 4) is 17.7 Å². The first-order valence-corrected chi connectivity index (χ1v) is 9.52. The van der Waals surface area contributed by atoms with Gasteiger partial charge >= 0.3 is 0 Å². The van der Waals surface area contributed by atoms with Crippen LogP contribution in [0.3, 0.4) is 0 Å². The molecule has 2 aromatic carbocycles. The van der Waals surface area contributed by atoms with E-state index in [2.05, 4.69) is 16.3 Å². The number of nitrogens with two attached hydrogens (primary N) is 1. The molecule has 0 bridgehead atoms. The molecule has 8 heteroatoms. The first-order chi connectivity index (χ1) is 14.0. The van der Waals surface area contributed by atoms with Crippen LogP contribution in [0.2, 0.25) is 10.0 Å². The number of aryl methyl sites for hydroxylation is 1. The van der Waals surface area contributed by atoms with Gasteiger partial charge in [0.25, 0.3) is 0 Å². The summed E-state index contributed by atoms with van der Waals surface area (Å²) in [5, 5.41) is 17.7. The average molecular weight is 427 g/mol. The van der Waals surface area contributed by atoms with Crippen LogP contribution in [-0.2, 0) is 6.61 Å². The van der Waals surface area contributed by atoms with Crippen LogP contribution in [0.5, 0.6) is 11.6 Å². The summed E-state index contributed by atoms with van der Waals surface area (Å²) in [7, 11) is 0. The predicted molar refractivity (Wildman–Crippen MR) is 110 cm³/mol. The zero-order valence-corrected chi connectivity index (χ0v) is 16.9. The number of ether oxygens (including phenoxy) is 2. The number of halogens is 2. The molecule has 146 valence electrons. The first-order valence-electron chi connectivity index (χ1n) is 8.77. The van der Waals surface area contributed by atoms with Gasteiger partial charge in [-0.25, -0.2) is 0 Å². The van der Waals surface area contributed by atoms with Crippen molar-refractivity contribution in [1.29, 1.82) is 5.26 Å². The lowest BCUT2D eigenvalue weighted by molar-refractivity contribution is 0.306. The van der Waals surface area contributed by atoms with Crippen LogP contribution in [-0.4, -0.2) is 10.2 Å². The largest absolute Gasteiger partial charge is 0.487 e. The van der Waals surface area contributed by atoms with E-state index in [1.807, 2.05) is 25.1 Å². The molecule has 3 N–H and O–H groups in total.